The molecule has 2 rings (SSSR count). The number of hydrogen-bond acceptors (Lipinski definition) is 7. The number of carbonyl (C=O) groups excluding carboxylic acids is 2. The van der Waals surface area contributed by atoms with Gasteiger partial charge in [0.25, 0.3) is 0 Å². The number of esters is 1. The first-order valence-corrected chi connectivity index (χ1v) is 7.79. The number of Topliss-reactive ketones (excluding diaryl/α,β-unsaturated/α-hetero) is 1. The number of hydrogen-bond donors (Lipinski definition) is 1. The first-order valence-electron chi connectivity index (χ1n) is 6.97. The molecule has 0 bridgehead atoms. The zero-order chi connectivity index (χ0) is 15.4. The maximum absolute atomic E-state index is 11.7. The highest BCUT2D eigenvalue weighted by atomic mass is 32.1. The van der Waals surface area contributed by atoms with E-state index in [2.05, 4.69) is 22.0 Å². The lowest BCUT2D eigenvalue weighted by Gasteiger charge is -2.28. The van der Waals surface area contributed by atoms with E-state index in [0.717, 1.165) is 26.1 Å². The van der Waals surface area contributed by atoms with Crippen molar-refractivity contribution in [2.75, 3.05) is 25.6 Å². The second-order valence-electron chi connectivity index (χ2n) is 5.13. The minimum absolute atomic E-state index is 0.0941. The zero-order valence-corrected chi connectivity index (χ0v) is 13.3. The Morgan fingerprint density at radius 3 is 2.67 bits per heavy atom. The van der Waals surface area contributed by atoms with Gasteiger partial charge in [-0.05, 0) is 25.7 Å². The summed E-state index contributed by atoms with van der Waals surface area (Å²) in [6, 6.07) is 0.213. The van der Waals surface area contributed by atoms with Crippen molar-refractivity contribution in [1.82, 2.24) is 4.98 Å². The van der Waals surface area contributed by atoms with E-state index in [1.807, 2.05) is 0 Å². The second kappa shape index (κ2) is 7.00. The smallest absolute Gasteiger partial charge is 0.358 e. The quantitative estimate of drug-likeness (QED) is 0.664. The molecule has 0 amide bonds. The lowest BCUT2D eigenvalue weighted by atomic mass is 9.93. The lowest BCUT2D eigenvalue weighted by Crippen LogP contribution is -2.30. The molecule has 0 aliphatic carbocycles. The third-order valence-corrected chi connectivity index (χ3v) is 4.74. The number of ether oxygens (including phenoxy) is 2. The molecular weight excluding hydrogens is 292 g/mol. The topological polar surface area (TPSA) is 77.5 Å². The number of thiazole rings is 1. The highest BCUT2D eigenvalue weighted by Gasteiger charge is 2.25. The number of ketones is 1. The SMILES string of the molecule is COC(=O)c1nc(NC(C)C2CCOCC2)sc1C(C)=O. The number of nitrogens with one attached hydrogen (secondary N) is 1. The minimum Gasteiger partial charge on any atom is -0.464 e. The van der Waals surface area contributed by atoms with Crippen molar-refractivity contribution in [3.8, 4) is 0 Å². The molecule has 1 fully saturated rings. The molecule has 1 aliphatic heterocycles. The summed E-state index contributed by atoms with van der Waals surface area (Å²) in [5, 5.41) is 3.88. The van der Waals surface area contributed by atoms with Crippen LogP contribution < -0.4 is 5.32 Å². The third-order valence-electron chi connectivity index (χ3n) is 3.65. The van der Waals surface area contributed by atoms with Crippen LogP contribution >= 0.6 is 11.3 Å². The van der Waals surface area contributed by atoms with Gasteiger partial charge >= 0.3 is 5.97 Å². The Morgan fingerprint density at radius 1 is 1.43 bits per heavy atom. The van der Waals surface area contributed by atoms with Gasteiger partial charge in [0.1, 0.15) is 4.88 Å². The summed E-state index contributed by atoms with van der Waals surface area (Å²) in [6.07, 6.45) is 2.01. The van der Waals surface area contributed by atoms with Crippen molar-refractivity contribution in [3.63, 3.8) is 0 Å². The van der Waals surface area contributed by atoms with Gasteiger partial charge in [-0.2, -0.15) is 0 Å². The van der Waals surface area contributed by atoms with E-state index < -0.39 is 5.97 Å². The van der Waals surface area contributed by atoms with Crippen molar-refractivity contribution >= 4 is 28.2 Å². The number of anilines is 1. The first-order chi connectivity index (χ1) is 10.0. The van der Waals surface area contributed by atoms with Crippen molar-refractivity contribution in [3.05, 3.63) is 10.6 Å². The molecule has 0 aromatic carbocycles. The molecule has 1 N–H and O–H groups in total. The third kappa shape index (κ3) is 3.79. The Morgan fingerprint density at radius 2 is 2.10 bits per heavy atom. The van der Waals surface area contributed by atoms with Gasteiger partial charge in [0.15, 0.2) is 16.6 Å². The fourth-order valence-corrected chi connectivity index (χ4v) is 3.33. The van der Waals surface area contributed by atoms with E-state index in [0.29, 0.717) is 15.9 Å². The van der Waals surface area contributed by atoms with Crippen LogP contribution in [0.3, 0.4) is 0 Å². The van der Waals surface area contributed by atoms with Crippen molar-refractivity contribution in [2.24, 2.45) is 5.92 Å². The minimum atomic E-state index is -0.580. The van der Waals surface area contributed by atoms with Crippen LogP contribution in [0.15, 0.2) is 0 Å². The van der Waals surface area contributed by atoms with Crippen LogP contribution in [-0.2, 0) is 9.47 Å². The molecule has 1 unspecified atom stereocenters. The molecule has 0 radical (unpaired) electrons. The monoisotopic (exact) mass is 312 g/mol. The Hall–Kier alpha value is -1.47. The van der Waals surface area contributed by atoms with Crippen LogP contribution in [0.2, 0.25) is 0 Å². The molecule has 0 saturated carbocycles. The van der Waals surface area contributed by atoms with E-state index in [1.165, 1.54) is 25.4 Å². The van der Waals surface area contributed by atoms with Gasteiger partial charge in [-0.3, -0.25) is 4.79 Å². The summed E-state index contributed by atoms with van der Waals surface area (Å²) >= 11 is 1.20. The number of rotatable bonds is 5. The second-order valence-corrected chi connectivity index (χ2v) is 6.13. The first kappa shape index (κ1) is 15.9. The lowest BCUT2D eigenvalue weighted by molar-refractivity contribution is 0.0591. The standard InChI is InChI=1S/C14H20N2O4S/c1-8(10-4-6-20-7-5-10)15-14-16-11(13(18)19-3)12(21-14)9(2)17/h8,10H,4-7H2,1-3H3,(H,15,16). The Kier molecular flexibility index (Phi) is 5.30. The summed E-state index contributed by atoms with van der Waals surface area (Å²) in [6.45, 7) is 5.07. The molecule has 7 heteroatoms. The maximum atomic E-state index is 11.7. The van der Waals surface area contributed by atoms with E-state index in [-0.39, 0.29) is 17.5 Å². The zero-order valence-electron chi connectivity index (χ0n) is 12.5. The number of methoxy groups -OCH3 is 1. The van der Waals surface area contributed by atoms with Crippen LogP contribution in [0.5, 0.6) is 0 Å². The highest BCUT2D eigenvalue weighted by molar-refractivity contribution is 7.17. The van der Waals surface area contributed by atoms with E-state index >= 15 is 0 Å². The average Bonchev–Trinajstić information content (AvgIpc) is 2.91. The Bertz CT molecular complexity index is 523. The van der Waals surface area contributed by atoms with Crippen molar-refractivity contribution < 1.29 is 19.1 Å². The fourth-order valence-electron chi connectivity index (χ4n) is 2.38. The predicted octanol–water partition coefficient (Wildman–Crippen LogP) is 2.36. The molecule has 1 aliphatic rings. The summed E-state index contributed by atoms with van der Waals surface area (Å²) in [7, 11) is 1.28. The molecule has 1 atom stereocenters. The van der Waals surface area contributed by atoms with Gasteiger partial charge in [0.2, 0.25) is 0 Å². The molecule has 2 heterocycles. The van der Waals surface area contributed by atoms with Gasteiger partial charge in [-0.15, -0.1) is 0 Å². The Balaban J connectivity index is 2.12. The van der Waals surface area contributed by atoms with Gasteiger partial charge in [-0.25, -0.2) is 9.78 Å². The van der Waals surface area contributed by atoms with Crippen LogP contribution in [0.1, 0.15) is 46.8 Å². The van der Waals surface area contributed by atoms with Crippen molar-refractivity contribution in [1.29, 1.82) is 0 Å². The van der Waals surface area contributed by atoms with Crippen molar-refractivity contribution in [2.45, 2.75) is 32.7 Å². The van der Waals surface area contributed by atoms with Gasteiger partial charge in [0, 0.05) is 26.2 Å². The van der Waals surface area contributed by atoms with Gasteiger partial charge in [-0.1, -0.05) is 11.3 Å². The largest absolute Gasteiger partial charge is 0.464 e. The summed E-state index contributed by atoms with van der Waals surface area (Å²) in [5.41, 5.74) is 0.0941. The van der Waals surface area contributed by atoms with Crippen LogP contribution in [0.4, 0.5) is 5.13 Å². The van der Waals surface area contributed by atoms with E-state index in [9.17, 15) is 9.59 Å². The van der Waals surface area contributed by atoms with Gasteiger partial charge in [0.05, 0.1) is 7.11 Å². The van der Waals surface area contributed by atoms with Crippen LogP contribution in [-0.4, -0.2) is 43.1 Å². The summed E-state index contributed by atoms with van der Waals surface area (Å²) in [4.78, 5) is 27.8. The Labute approximate surface area is 127 Å². The molecule has 116 valence electrons. The summed E-state index contributed by atoms with van der Waals surface area (Å²) < 4.78 is 10.0. The number of aromatic nitrogens is 1. The molecule has 1 aromatic heterocycles. The molecule has 6 nitrogen and oxygen atoms in total. The fraction of sp³-hybridized carbons (Fsp3) is 0.643. The van der Waals surface area contributed by atoms with Crippen LogP contribution in [0.25, 0.3) is 0 Å². The number of carbonyl (C=O) groups is 2. The summed E-state index contributed by atoms with van der Waals surface area (Å²) in [5.74, 6) is -0.257. The molecular formula is C14H20N2O4S. The molecule has 0 spiro atoms. The molecule has 21 heavy (non-hydrogen) atoms. The van der Waals surface area contributed by atoms with E-state index in [4.69, 9.17) is 4.74 Å². The van der Waals surface area contributed by atoms with Crippen LogP contribution in [0, 0.1) is 5.92 Å². The normalized spacial score (nSPS) is 17.3. The average molecular weight is 312 g/mol. The van der Waals surface area contributed by atoms with E-state index in [1.54, 1.807) is 0 Å². The predicted molar refractivity (Wildman–Crippen MR) is 80.1 cm³/mol. The molecule has 1 aromatic rings. The number of nitrogens with zero attached hydrogens (tertiary/aromatic N) is 1. The highest BCUT2D eigenvalue weighted by Crippen LogP contribution is 2.27. The molecule has 1 saturated heterocycles. The van der Waals surface area contributed by atoms with Gasteiger partial charge < -0.3 is 14.8 Å². The maximum Gasteiger partial charge on any atom is 0.358 e.